The third-order valence-electron chi connectivity index (χ3n) is 1.96. The summed E-state index contributed by atoms with van der Waals surface area (Å²) in [5.74, 6) is 0.815. The van der Waals surface area contributed by atoms with Crippen LogP contribution in [0, 0.1) is 25.2 Å². The van der Waals surface area contributed by atoms with Crippen molar-refractivity contribution in [1.82, 2.24) is 10.5 Å². The van der Waals surface area contributed by atoms with Gasteiger partial charge in [-0.25, -0.2) is 0 Å². The van der Waals surface area contributed by atoms with Gasteiger partial charge >= 0.3 is 0 Å². The van der Waals surface area contributed by atoms with Crippen LogP contribution in [-0.4, -0.2) is 11.2 Å². The van der Waals surface area contributed by atoms with E-state index in [1.807, 2.05) is 20.8 Å². The van der Waals surface area contributed by atoms with Crippen molar-refractivity contribution >= 4 is 0 Å². The molecule has 0 amide bonds. The molecule has 0 saturated carbocycles. The molecule has 4 nitrogen and oxygen atoms in total. The molecule has 1 aromatic heterocycles. The predicted molar refractivity (Wildman–Crippen MR) is 47.9 cm³/mol. The SMILES string of the molecule is Cc1noc(C)c1CNC(C)C#N. The van der Waals surface area contributed by atoms with Crippen LogP contribution in [0.5, 0.6) is 0 Å². The molecular weight excluding hydrogens is 166 g/mol. The van der Waals surface area contributed by atoms with Gasteiger partial charge in [0, 0.05) is 12.1 Å². The maximum absolute atomic E-state index is 8.55. The van der Waals surface area contributed by atoms with Crippen LogP contribution in [0.1, 0.15) is 23.9 Å². The summed E-state index contributed by atoms with van der Waals surface area (Å²) in [7, 11) is 0. The first kappa shape index (κ1) is 9.75. The third-order valence-corrected chi connectivity index (χ3v) is 1.96. The topological polar surface area (TPSA) is 61.9 Å². The van der Waals surface area contributed by atoms with Crippen molar-refractivity contribution in [3.63, 3.8) is 0 Å². The molecule has 1 rings (SSSR count). The van der Waals surface area contributed by atoms with E-state index in [1.165, 1.54) is 0 Å². The van der Waals surface area contributed by atoms with Crippen molar-refractivity contribution in [2.45, 2.75) is 33.4 Å². The summed E-state index contributed by atoms with van der Waals surface area (Å²) < 4.78 is 4.99. The highest BCUT2D eigenvalue weighted by Gasteiger charge is 2.09. The average Bonchev–Trinajstić information content (AvgIpc) is 2.43. The zero-order valence-corrected chi connectivity index (χ0v) is 8.09. The van der Waals surface area contributed by atoms with Gasteiger partial charge in [0.1, 0.15) is 5.76 Å². The molecule has 13 heavy (non-hydrogen) atoms. The molecule has 0 aromatic carbocycles. The van der Waals surface area contributed by atoms with Crippen molar-refractivity contribution in [3.8, 4) is 6.07 Å². The molecule has 70 valence electrons. The molecule has 0 aliphatic rings. The van der Waals surface area contributed by atoms with Crippen LogP contribution in [-0.2, 0) is 6.54 Å². The minimum Gasteiger partial charge on any atom is -0.361 e. The van der Waals surface area contributed by atoms with Gasteiger partial charge in [-0.2, -0.15) is 5.26 Å². The van der Waals surface area contributed by atoms with Crippen LogP contribution in [0.15, 0.2) is 4.52 Å². The lowest BCUT2D eigenvalue weighted by Crippen LogP contribution is -2.23. The molecular formula is C9H13N3O. The first-order valence-electron chi connectivity index (χ1n) is 4.20. The largest absolute Gasteiger partial charge is 0.361 e. The van der Waals surface area contributed by atoms with E-state index < -0.39 is 0 Å². The molecule has 1 atom stereocenters. The molecule has 0 bridgehead atoms. The summed E-state index contributed by atoms with van der Waals surface area (Å²) in [4.78, 5) is 0. The van der Waals surface area contributed by atoms with Crippen LogP contribution in [0.2, 0.25) is 0 Å². The Morgan fingerprint density at radius 1 is 1.62 bits per heavy atom. The summed E-state index contributed by atoms with van der Waals surface area (Å²) in [6.45, 7) is 6.21. The minimum atomic E-state index is -0.145. The molecule has 1 N–H and O–H groups in total. The number of nitrogens with zero attached hydrogens (tertiary/aromatic N) is 2. The van der Waals surface area contributed by atoms with Gasteiger partial charge in [-0.1, -0.05) is 5.16 Å². The molecule has 1 unspecified atom stereocenters. The summed E-state index contributed by atoms with van der Waals surface area (Å²) in [5, 5.41) is 15.4. The molecule has 0 fully saturated rings. The van der Waals surface area contributed by atoms with E-state index in [0.29, 0.717) is 6.54 Å². The quantitative estimate of drug-likeness (QED) is 0.759. The highest BCUT2D eigenvalue weighted by atomic mass is 16.5. The fraction of sp³-hybridized carbons (Fsp3) is 0.556. The lowest BCUT2D eigenvalue weighted by Gasteiger charge is -2.04. The van der Waals surface area contributed by atoms with E-state index in [9.17, 15) is 0 Å². The lowest BCUT2D eigenvalue weighted by atomic mass is 10.2. The molecule has 1 aromatic rings. The number of nitrogens with one attached hydrogen (secondary N) is 1. The first-order valence-corrected chi connectivity index (χ1v) is 4.20. The number of aromatic nitrogens is 1. The second-order valence-electron chi connectivity index (χ2n) is 3.03. The zero-order chi connectivity index (χ0) is 9.84. The van der Waals surface area contributed by atoms with E-state index in [2.05, 4.69) is 16.5 Å². The van der Waals surface area contributed by atoms with E-state index in [4.69, 9.17) is 9.78 Å². The summed E-state index contributed by atoms with van der Waals surface area (Å²) in [6, 6.07) is 1.96. The number of rotatable bonds is 3. The Morgan fingerprint density at radius 2 is 2.31 bits per heavy atom. The van der Waals surface area contributed by atoms with Gasteiger partial charge in [0.25, 0.3) is 0 Å². The van der Waals surface area contributed by atoms with Gasteiger partial charge in [-0.05, 0) is 20.8 Å². The van der Waals surface area contributed by atoms with Crippen LogP contribution in [0.3, 0.4) is 0 Å². The van der Waals surface area contributed by atoms with Gasteiger partial charge in [-0.15, -0.1) is 0 Å². The van der Waals surface area contributed by atoms with Crippen LogP contribution in [0.4, 0.5) is 0 Å². The summed E-state index contributed by atoms with van der Waals surface area (Å²) in [6.07, 6.45) is 0. The van der Waals surface area contributed by atoms with E-state index in [1.54, 1.807) is 0 Å². The van der Waals surface area contributed by atoms with E-state index in [-0.39, 0.29) is 6.04 Å². The maximum Gasteiger partial charge on any atom is 0.138 e. The van der Waals surface area contributed by atoms with Crippen molar-refractivity contribution in [3.05, 3.63) is 17.0 Å². The normalized spacial score (nSPS) is 12.5. The average molecular weight is 179 g/mol. The van der Waals surface area contributed by atoms with Gasteiger partial charge in [0.2, 0.25) is 0 Å². The molecule has 0 saturated heterocycles. The Kier molecular flexibility index (Phi) is 3.04. The van der Waals surface area contributed by atoms with Gasteiger partial charge in [-0.3, -0.25) is 5.32 Å². The molecule has 0 radical (unpaired) electrons. The third kappa shape index (κ3) is 2.30. The molecule has 4 heteroatoms. The Bertz CT molecular complexity index is 305. The van der Waals surface area contributed by atoms with Crippen molar-refractivity contribution in [1.29, 1.82) is 5.26 Å². The fourth-order valence-corrected chi connectivity index (χ4v) is 1.06. The van der Waals surface area contributed by atoms with Crippen LogP contribution < -0.4 is 5.32 Å². The minimum absolute atomic E-state index is 0.145. The van der Waals surface area contributed by atoms with Crippen molar-refractivity contribution in [2.75, 3.05) is 0 Å². The van der Waals surface area contributed by atoms with Gasteiger partial charge in [0.05, 0.1) is 17.8 Å². The Labute approximate surface area is 77.5 Å². The van der Waals surface area contributed by atoms with Gasteiger partial charge < -0.3 is 4.52 Å². The second-order valence-corrected chi connectivity index (χ2v) is 3.03. The maximum atomic E-state index is 8.55. The predicted octanol–water partition coefficient (Wildman–Crippen LogP) is 1.29. The zero-order valence-electron chi connectivity index (χ0n) is 8.09. The van der Waals surface area contributed by atoms with Crippen LogP contribution in [0.25, 0.3) is 0 Å². The molecule has 1 heterocycles. The van der Waals surface area contributed by atoms with Gasteiger partial charge in [0.15, 0.2) is 0 Å². The van der Waals surface area contributed by atoms with E-state index in [0.717, 1.165) is 17.0 Å². The number of aryl methyl sites for hydroxylation is 2. The highest BCUT2D eigenvalue weighted by Crippen LogP contribution is 2.11. The Morgan fingerprint density at radius 3 is 2.77 bits per heavy atom. The number of nitriles is 1. The highest BCUT2D eigenvalue weighted by molar-refractivity contribution is 5.20. The lowest BCUT2D eigenvalue weighted by molar-refractivity contribution is 0.391. The second kappa shape index (κ2) is 4.06. The fourth-order valence-electron chi connectivity index (χ4n) is 1.06. The molecule has 0 aliphatic heterocycles. The van der Waals surface area contributed by atoms with Crippen LogP contribution >= 0.6 is 0 Å². The number of hydrogen-bond acceptors (Lipinski definition) is 4. The standard InChI is InChI=1S/C9H13N3O/c1-6(4-10)11-5-9-7(2)12-13-8(9)3/h6,11H,5H2,1-3H3. The Balaban J connectivity index is 2.60. The molecule has 0 aliphatic carbocycles. The summed E-state index contributed by atoms with van der Waals surface area (Å²) in [5.41, 5.74) is 1.93. The summed E-state index contributed by atoms with van der Waals surface area (Å²) >= 11 is 0. The Hall–Kier alpha value is -1.34. The first-order chi connectivity index (χ1) is 6.15. The monoisotopic (exact) mass is 179 g/mol. The number of hydrogen-bond donors (Lipinski definition) is 1. The van der Waals surface area contributed by atoms with Crippen molar-refractivity contribution in [2.24, 2.45) is 0 Å². The van der Waals surface area contributed by atoms with Crippen molar-refractivity contribution < 1.29 is 4.52 Å². The van der Waals surface area contributed by atoms with E-state index >= 15 is 0 Å². The molecule has 0 spiro atoms. The smallest absolute Gasteiger partial charge is 0.138 e.